The van der Waals surface area contributed by atoms with Gasteiger partial charge in [-0.3, -0.25) is 4.79 Å². The highest BCUT2D eigenvalue weighted by molar-refractivity contribution is 7.18. The Bertz CT molecular complexity index is 1210. The SMILES string of the molecule is CCc1cc2c(N3CCN(C(=O)Cc4ccc(-c5ccccc5)cc4)CC3)ncnc2s1. The highest BCUT2D eigenvalue weighted by Crippen LogP contribution is 2.31. The third-order valence-corrected chi connectivity index (χ3v) is 7.24. The summed E-state index contributed by atoms with van der Waals surface area (Å²) in [6.07, 6.45) is 3.11. The predicted octanol–water partition coefficient (Wildman–Crippen LogP) is 4.81. The zero-order valence-corrected chi connectivity index (χ0v) is 19.0. The molecule has 1 aliphatic rings. The van der Waals surface area contributed by atoms with E-state index in [1.54, 1.807) is 17.7 Å². The van der Waals surface area contributed by atoms with Gasteiger partial charge in [-0.15, -0.1) is 11.3 Å². The molecule has 2 aromatic heterocycles. The quantitative estimate of drug-likeness (QED) is 0.445. The molecule has 1 aliphatic heterocycles. The van der Waals surface area contributed by atoms with Crippen molar-refractivity contribution in [3.05, 3.63) is 77.4 Å². The van der Waals surface area contributed by atoms with Crippen molar-refractivity contribution in [2.45, 2.75) is 19.8 Å². The number of hydrogen-bond acceptors (Lipinski definition) is 5. The van der Waals surface area contributed by atoms with Crippen LogP contribution in [-0.2, 0) is 17.6 Å². The number of piperazine rings is 1. The number of carbonyl (C=O) groups is 1. The summed E-state index contributed by atoms with van der Waals surface area (Å²) in [5, 5.41) is 1.13. The molecule has 0 spiro atoms. The molecule has 5 rings (SSSR count). The number of aromatic nitrogens is 2. The summed E-state index contributed by atoms with van der Waals surface area (Å²) in [7, 11) is 0. The average Bonchev–Trinajstić information content (AvgIpc) is 3.29. The Morgan fingerprint density at radius 1 is 0.938 bits per heavy atom. The molecule has 0 unspecified atom stereocenters. The smallest absolute Gasteiger partial charge is 0.227 e. The van der Waals surface area contributed by atoms with Crippen molar-refractivity contribution in [1.29, 1.82) is 0 Å². The fraction of sp³-hybridized carbons (Fsp3) is 0.269. The molecule has 0 radical (unpaired) electrons. The van der Waals surface area contributed by atoms with E-state index in [2.05, 4.69) is 64.3 Å². The van der Waals surface area contributed by atoms with Gasteiger partial charge < -0.3 is 9.80 Å². The molecule has 3 heterocycles. The topological polar surface area (TPSA) is 49.3 Å². The largest absolute Gasteiger partial charge is 0.352 e. The number of amides is 1. The number of nitrogens with zero attached hydrogens (tertiary/aromatic N) is 4. The van der Waals surface area contributed by atoms with E-state index >= 15 is 0 Å². The lowest BCUT2D eigenvalue weighted by Gasteiger charge is -2.35. The molecule has 0 bridgehead atoms. The number of benzene rings is 2. The first-order valence-electron chi connectivity index (χ1n) is 11.1. The maximum Gasteiger partial charge on any atom is 0.227 e. The van der Waals surface area contributed by atoms with E-state index in [1.807, 2.05) is 23.1 Å². The van der Waals surface area contributed by atoms with Crippen LogP contribution in [0.2, 0.25) is 0 Å². The normalized spacial score (nSPS) is 14.2. The first kappa shape index (κ1) is 20.6. The molecule has 162 valence electrons. The van der Waals surface area contributed by atoms with Gasteiger partial charge in [-0.05, 0) is 29.2 Å². The zero-order chi connectivity index (χ0) is 21.9. The minimum Gasteiger partial charge on any atom is -0.352 e. The zero-order valence-electron chi connectivity index (χ0n) is 18.2. The van der Waals surface area contributed by atoms with Crippen LogP contribution < -0.4 is 4.90 Å². The summed E-state index contributed by atoms with van der Waals surface area (Å²) in [5.41, 5.74) is 3.42. The van der Waals surface area contributed by atoms with E-state index in [0.29, 0.717) is 6.42 Å². The van der Waals surface area contributed by atoms with Crippen molar-refractivity contribution in [2.24, 2.45) is 0 Å². The third kappa shape index (κ3) is 4.23. The van der Waals surface area contributed by atoms with Crippen molar-refractivity contribution >= 4 is 33.3 Å². The average molecular weight is 443 g/mol. The lowest BCUT2D eigenvalue weighted by molar-refractivity contribution is -0.130. The monoisotopic (exact) mass is 442 g/mol. The van der Waals surface area contributed by atoms with E-state index in [1.165, 1.54) is 16.0 Å². The number of aryl methyl sites for hydroxylation is 1. The lowest BCUT2D eigenvalue weighted by atomic mass is 10.0. The second-order valence-electron chi connectivity index (χ2n) is 8.09. The summed E-state index contributed by atoms with van der Waals surface area (Å²) < 4.78 is 0. The standard InChI is InChI=1S/C26H26N4OS/c1-2-22-17-23-25(27-18-28-26(23)32-22)30-14-12-29(13-15-30)24(31)16-19-8-10-21(11-9-19)20-6-4-3-5-7-20/h3-11,17-18H,2,12-16H2,1H3. The van der Waals surface area contributed by atoms with Gasteiger partial charge in [-0.25, -0.2) is 9.97 Å². The number of thiophene rings is 1. The molecule has 0 N–H and O–H groups in total. The van der Waals surface area contributed by atoms with E-state index in [4.69, 9.17) is 0 Å². The summed E-state index contributed by atoms with van der Waals surface area (Å²) in [4.78, 5) is 28.5. The van der Waals surface area contributed by atoms with Crippen molar-refractivity contribution in [3.63, 3.8) is 0 Å². The first-order valence-corrected chi connectivity index (χ1v) is 11.9. The van der Waals surface area contributed by atoms with Gasteiger partial charge >= 0.3 is 0 Å². The summed E-state index contributed by atoms with van der Waals surface area (Å²) in [5.74, 6) is 1.18. The fourth-order valence-electron chi connectivity index (χ4n) is 4.22. The van der Waals surface area contributed by atoms with Gasteiger partial charge in [0.25, 0.3) is 0 Å². The van der Waals surface area contributed by atoms with E-state index in [0.717, 1.165) is 54.2 Å². The highest BCUT2D eigenvalue weighted by Gasteiger charge is 2.23. The number of fused-ring (bicyclic) bond motifs is 1. The number of hydrogen-bond donors (Lipinski definition) is 0. The number of rotatable bonds is 5. The Morgan fingerprint density at radius 2 is 1.66 bits per heavy atom. The predicted molar refractivity (Wildman–Crippen MR) is 131 cm³/mol. The van der Waals surface area contributed by atoms with Gasteiger partial charge in [0.15, 0.2) is 0 Å². The summed E-state index contributed by atoms with van der Waals surface area (Å²) in [6.45, 7) is 5.19. The fourth-order valence-corrected chi connectivity index (χ4v) is 5.15. The Morgan fingerprint density at radius 3 is 2.38 bits per heavy atom. The van der Waals surface area contributed by atoms with Gasteiger partial charge in [0.2, 0.25) is 5.91 Å². The second-order valence-corrected chi connectivity index (χ2v) is 9.21. The molecular weight excluding hydrogens is 416 g/mol. The molecule has 1 fully saturated rings. The van der Waals surface area contributed by atoms with Crippen LogP contribution in [-0.4, -0.2) is 47.0 Å². The lowest BCUT2D eigenvalue weighted by Crippen LogP contribution is -2.49. The molecule has 0 saturated carbocycles. The van der Waals surface area contributed by atoms with Crippen LogP contribution >= 0.6 is 11.3 Å². The van der Waals surface area contributed by atoms with Crippen LogP contribution in [0.1, 0.15) is 17.4 Å². The molecule has 0 aliphatic carbocycles. The molecule has 1 saturated heterocycles. The van der Waals surface area contributed by atoms with Crippen LogP contribution in [0.4, 0.5) is 5.82 Å². The minimum atomic E-state index is 0.189. The third-order valence-electron chi connectivity index (χ3n) is 6.06. The van der Waals surface area contributed by atoms with Crippen molar-refractivity contribution < 1.29 is 4.79 Å². The number of carbonyl (C=O) groups excluding carboxylic acids is 1. The molecule has 32 heavy (non-hydrogen) atoms. The van der Waals surface area contributed by atoms with E-state index in [-0.39, 0.29) is 5.91 Å². The van der Waals surface area contributed by atoms with Crippen molar-refractivity contribution in [3.8, 4) is 11.1 Å². The summed E-state index contributed by atoms with van der Waals surface area (Å²) in [6, 6.07) is 20.8. The number of anilines is 1. The molecule has 1 amide bonds. The minimum absolute atomic E-state index is 0.189. The maximum absolute atomic E-state index is 12.9. The molecule has 4 aromatic rings. The van der Waals surface area contributed by atoms with Crippen molar-refractivity contribution in [2.75, 3.05) is 31.1 Å². The van der Waals surface area contributed by atoms with E-state index < -0.39 is 0 Å². The Hall–Kier alpha value is -3.25. The van der Waals surface area contributed by atoms with Crippen LogP contribution in [0.25, 0.3) is 21.3 Å². The second kappa shape index (κ2) is 9.09. The molecule has 2 aromatic carbocycles. The molecule has 0 atom stereocenters. The Balaban J connectivity index is 1.21. The Kier molecular flexibility index (Phi) is 5.86. The van der Waals surface area contributed by atoms with Crippen LogP contribution in [0, 0.1) is 0 Å². The maximum atomic E-state index is 12.9. The first-order chi connectivity index (χ1) is 15.7. The van der Waals surface area contributed by atoms with Crippen molar-refractivity contribution in [1.82, 2.24) is 14.9 Å². The highest BCUT2D eigenvalue weighted by atomic mass is 32.1. The van der Waals surface area contributed by atoms with Gasteiger partial charge in [-0.1, -0.05) is 61.5 Å². The summed E-state index contributed by atoms with van der Waals surface area (Å²) >= 11 is 1.74. The van der Waals surface area contributed by atoms with Gasteiger partial charge in [-0.2, -0.15) is 0 Å². The van der Waals surface area contributed by atoms with Crippen LogP contribution in [0.3, 0.4) is 0 Å². The van der Waals surface area contributed by atoms with Gasteiger partial charge in [0.05, 0.1) is 11.8 Å². The van der Waals surface area contributed by atoms with E-state index in [9.17, 15) is 4.79 Å². The van der Waals surface area contributed by atoms with Gasteiger partial charge in [0.1, 0.15) is 17.0 Å². The molecule has 6 heteroatoms. The Labute approximate surface area is 192 Å². The van der Waals surface area contributed by atoms with Crippen LogP contribution in [0.5, 0.6) is 0 Å². The van der Waals surface area contributed by atoms with Gasteiger partial charge in [0, 0.05) is 31.1 Å². The molecular formula is C26H26N4OS. The van der Waals surface area contributed by atoms with Crippen LogP contribution in [0.15, 0.2) is 67.0 Å². The molecule has 5 nitrogen and oxygen atoms in total.